The van der Waals surface area contributed by atoms with E-state index in [4.69, 9.17) is 0 Å². The largest absolute Gasteiger partial charge is 0.322 e. The van der Waals surface area contributed by atoms with Crippen molar-refractivity contribution in [1.82, 2.24) is 9.78 Å². The number of nitrogens with one attached hydrogen (secondary N) is 1. The first-order chi connectivity index (χ1) is 13.4. The van der Waals surface area contributed by atoms with Crippen LogP contribution in [0.5, 0.6) is 0 Å². The lowest BCUT2D eigenvalue weighted by Crippen LogP contribution is -2.11. The molecule has 0 saturated carbocycles. The molecule has 6 heteroatoms. The molecule has 0 radical (unpaired) electrons. The Labute approximate surface area is 162 Å². The summed E-state index contributed by atoms with van der Waals surface area (Å²) in [5.41, 5.74) is 4.05. The number of aromatic nitrogens is 2. The second-order valence-corrected chi connectivity index (χ2v) is 6.40. The highest BCUT2D eigenvalue weighted by Gasteiger charge is 2.12. The first-order valence-electron chi connectivity index (χ1n) is 8.78. The molecule has 1 aromatic heterocycles. The monoisotopic (exact) mass is 377 g/mol. The van der Waals surface area contributed by atoms with Crippen LogP contribution < -0.4 is 5.32 Å². The Kier molecular flexibility index (Phi) is 5.49. The zero-order valence-corrected chi connectivity index (χ0v) is 15.9. The molecule has 0 aliphatic heterocycles. The third-order valence-corrected chi connectivity index (χ3v) is 4.38. The summed E-state index contributed by atoms with van der Waals surface area (Å²) < 4.78 is 14.9. The van der Waals surface area contributed by atoms with Gasteiger partial charge in [-0.2, -0.15) is 5.10 Å². The van der Waals surface area contributed by atoms with Gasteiger partial charge >= 0.3 is 0 Å². The molecule has 28 heavy (non-hydrogen) atoms. The number of Topliss-reactive ketones (excluding diaryl/α,β-unsaturated/α-hetero) is 1. The topological polar surface area (TPSA) is 64.0 Å². The second-order valence-electron chi connectivity index (χ2n) is 6.40. The number of nitrogens with zero attached hydrogens (tertiary/aromatic N) is 2. The number of hydrogen-bond acceptors (Lipinski definition) is 3. The number of aryl methyl sites for hydroxylation is 1. The van der Waals surface area contributed by atoms with Crippen LogP contribution in [-0.2, 0) is 4.79 Å². The van der Waals surface area contributed by atoms with Crippen molar-refractivity contribution < 1.29 is 14.0 Å². The third kappa shape index (κ3) is 4.06. The maximum absolute atomic E-state index is 13.1. The lowest BCUT2D eigenvalue weighted by molar-refractivity contribution is -0.111. The van der Waals surface area contributed by atoms with Gasteiger partial charge in [-0.25, -0.2) is 9.07 Å². The summed E-state index contributed by atoms with van der Waals surface area (Å²) in [6.45, 7) is 5.18. The van der Waals surface area contributed by atoms with Crippen LogP contribution in [0.15, 0.2) is 54.6 Å². The zero-order chi connectivity index (χ0) is 20.3. The number of halogens is 1. The van der Waals surface area contributed by atoms with Gasteiger partial charge in [-0.05, 0) is 63.2 Å². The van der Waals surface area contributed by atoms with Crippen molar-refractivity contribution >= 4 is 23.5 Å². The summed E-state index contributed by atoms with van der Waals surface area (Å²) in [4.78, 5) is 24.0. The van der Waals surface area contributed by atoms with Gasteiger partial charge in [-0.1, -0.05) is 12.1 Å². The van der Waals surface area contributed by atoms with Gasteiger partial charge < -0.3 is 5.32 Å². The van der Waals surface area contributed by atoms with Crippen LogP contribution in [0, 0.1) is 19.7 Å². The van der Waals surface area contributed by atoms with E-state index < -0.39 is 0 Å². The zero-order valence-electron chi connectivity index (χ0n) is 15.9. The van der Waals surface area contributed by atoms with Crippen LogP contribution in [0.25, 0.3) is 11.8 Å². The standard InChI is InChI=1S/C22H20FN3O2/c1-14-19(15(2)26(25-14)18-10-8-17(23)9-11-18)12-13-22(28)24-21-7-5-4-6-20(21)16(3)27/h4-13H,1-3H3,(H,24,28)/b13-12+. The van der Waals surface area contributed by atoms with Gasteiger partial charge in [0.1, 0.15) is 5.82 Å². The Balaban J connectivity index is 1.82. The van der Waals surface area contributed by atoms with Crippen LogP contribution >= 0.6 is 0 Å². The Hall–Kier alpha value is -3.54. The fourth-order valence-electron chi connectivity index (χ4n) is 2.96. The van der Waals surface area contributed by atoms with E-state index >= 15 is 0 Å². The van der Waals surface area contributed by atoms with Gasteiger partial charge in [0.05, 0.1) is 17.1 Å². The molecule has 0 bridgehead atoms. The Morgan fingerprint density at radius 2 is 1.75 bits per heavy atom. The number of carbonyl (C=O) groups is 2. The molecule has 0 aliphatic rings. The molecule has 0 saturated heterocycles. The molecule has 0 fully saturated rings. The van der Waals surface area contributed by atoms with E-state index in [-0.39, 0.29) is 17.5 Å². The molecule has 1 amide bonds. The van der Waals surface area contributed by atoms with E-state index in [1.54, 1.807) is 47.2 Å². The number of anilines is 1. The van der Waals surface area contributed by atoms with Gasteiger partial charge in [0.2, 0.25) is 5.91 Å². The summed E-state index contributed by atoms with van der Waals surface area (Å²) in [6.07, 6.45) is 3.09. The smallest absolute Gasteiger partial charge is 0.248 e. The molecule has 5 nitrogen and oxygen atoms in total. The van der Waals surface area contributed by atoms with Crippen LogP contribution in [0.4, 0.5) is 10.1 Å². The highest BCUT2D eigenvalue weighted by Crippen LogP contribution is 2.20. The van der Waals surface area contributed by atoms with E-state index in [9.17, 15) is 14.0 Å². The van der Waals surface area contributed by atoms with Crippen LogP contribution in [0.3, 0.4) is 0 Å². The molecule has 142 valence electrons. The number of ketones is 1. The lowest BCUT2D eigenvalue weighted by atomic mass is 10.1. The Morgan fingerprint density at radius 1 is 1.07 bits per heavy atom. The van der Waals surface area contributed by atoms with Crippen molar-refractivity contribution in [2.24, 2.45) is 0 Å². The average molecular weight is 377 g/mol. The first kappa shape index (κ1) is 19.2. The minimum atomic E-state index is -0.345. The quantitative estimate of drug-likeness (QED) is 0.527. The normalized spacial score (nSPS) is 11.0. The van der Waals surface area contributed by atoms with Gasteiger partial charge in [0.15, 0.2) is 5.78 Å². The van der Waals surface area contributed by atoms with E-state index in [1.165, 1.54) is 25.1 Å². The molecule has 2 aromatic carbocycles. The van der Waals surface area contributed by atoms with Crippen LogP contribution in [0.2, 0.25) is 0 Å². The second kappa shape index (κ2) is 8.00. The first-order valence-corrected chi connectivity index (χ1v) is 8.78. The van der Waals surface area contributed by atoms with Gasteiger partial charge in [-0.3, -0.25) is 9.59 Å². The van der Waals surface area contributed by atoms with Crippen molar-refractivity contribution in [3.63, 3.8) is 0 Å². The van der Waals surface area contributed by atoms with Crippen LogP contribution in [0.1, 0.15) is 34.2 Å². The van der Waals surface area contributed by atoms with E-state index in [1.807, 2.05) is 13.8 Å². The Bertz CT molecular complexity index is 1070. The number of amides is 1. The summed E-state index contributed by atoms with van der Waals surface area (Å²) in [5, 5.41) is 7.21. The van der Waals surface area contributed by atoms with Crippen molar-refractivity contribution in [3.8, 4) is 5.69 Å². The van der Waals surface area contributed by atoms with E-state index in [0.29, 0.717) is 11.3 Å². The predicted molar refractivity (Wildman–Crippen MR) is 107 cm³/mol. The van der Waals surface area contributed by atoms with Crippen molar-refractivity contribution in [3.05, 3.63) is 82.9 Å². The minimum Gasteiger partial charge on any atom is -0.322 e. The molecule has 0 unspecified atom stereocenters. The molecule has 1 N–H and O–H groups in total. The maximum atomic E-state index is 13.1. The molecule has 0 atom stereocenters. The highest BCUT2D eigenvalue weighted by molar-refractivity contribution is 6.07. The number of benzene rings is 2. The lowest BCUT2D eigenvalue weighted by Gasteiger charge is -2.07. The molecule has 0 aliphatic carbocycles. The minimum absolute atomic E-state index is 0.118. The SMILES string of the molecule is CC(=O)c1ccccc1NC(=O)/C=C/c1c(C)nn(-c2ccc(F)cc2)c1C. The fraction of sp³-hybridized carbons (Fsp3) is 0.136. The van der Waals surface area contributed by atoms with Crippen molar-refractivity contribution in [1.29, 1.82) is 0 Å². The third-order valence-electron chi connectivity index (χ3n) is 4.38. The van der Waals surface area contributed by atoms with Crippen molar-refractivity contribution in [2.45, 2.75) is 20.8 Å². The summed E-state index contributed by atoms with van der Waals surface area (Å²) >= 11 is 0. The van der Waals surface area contributed by atoms with Gasteiger partial charge in [-0.15, -0.1) is 0 Å². The molecular formula is C22H20FN3O2. The summed E-state index contributed by atoms with van der Waals surface area (Å²) in [6, 6.07) is 12.9. The molecular weight excluding hydrogens is 357 g/mol. The van der Waals surface area contributed by atoms with Gasteiger partial charge in [0.25, 0.3) is 0 Å². The fourth-order valence-corrected chi connectivity index (χ4v) is 2.96. The summed E-state index contributed by atoms with van der Waals surface area (Å²) in [7, 11) is 0. The highest BCUT2D eigenvalue weighted by atomic mass is 19.1. The molecule has 1 heterocycles. The van der Waals surface area contributed by atoms with Crippen molar-refractivity contribution in [2.75, 3.05) is 5.32 Å². The number of rotatable bonds is 5. The number of para-hydroxylation sites is 1. The molecule has 0 spiro atoms. The Morgan fingerprint density at radius 3 is 2.43 bits per heavy atom. The van der Waals surface area contributed by atoms with E-state index in [0.717, 1.165) is 22.6 Å². The average Bonchev–Trinajstić information content (AvgIpc) is 2.95. The number of carbonyl (C=O) groups excluding carboxylic acids is 2. The van der Waals surface area contributed by atoms with Crippen LogP contribution in [-0.4, -0.2) is 21.5 Å². The molecule has 3 aromatic rings. The number of hydrogen-bond donors (Lipinski definition) is 1. The van der Waals surface area contributed by atoms with E-state index in [2.05, 4.69) is 10.4 Å². The predicted octanol–water partition coefficient (Wildman–Crippen LogP) is 4.48. The van der Waals surface area contributed by atoms with Gasteiger partial charge in [0, 0.05) is 22.9 Å². The summed E-state index contributed by atoms with van der Waals surface area (Å²) in [5.74, 6) is -0.776. The molecule has 3 rings (SSSR count). The maximum Gasteiger partial charge on any atom is 0.248 e.